The van der Waals surface area contributed by atoms with E-state index in [0.717, 1.165) is 148 Å². The van der Waals surface area contributed by atoms with Crippen molar-refractivity contribution in [3.8, 4) is 0 Å². The maximum atomic E-state index is 12.9. The Labute approximate surface area is 456 Å². The zero-order valence-corrected chi connectivity index (χ0v) is 48.1. The molecule has 420 valence electrons. The third-order valence-corrected chi connectivity index (χ3v) is 12.7. The van der Waals surface area contributed by atoms with Gasteiger partial charge in [-0.1, -0.05) is 245 Å². The van der Waals surface area contributed by atoms with Crippen LogP contribution < -0.4 is 0 Å². The van der Waals surface area contributed by atoms with Gasteiger partial charge in [0.1, 0.15) is 13.2 Å². The first-order valence-corrected chi connectivity index (χ1v) is 30.5. The number of hydrogen-bond donors (Lipinski definition) is 0. The summed E-state index contributed by atoms with van der Waals surface area (Å²) in [5.41, 5.74) is 0. The van der Waals surface area contributed by atoms with Crippen molar-refractivity contribution in [3.63, 3.8) is 0 Å². The van der Waals surface area contributed by atoms with Gasteiger partial charge in [-0.05, 0) is 128 Å². The van der Waals surface area contributed by atoms with E-state index in [1.165, 1.54) is 83.5 Å². The highest BCUT2D eigenvalue weighted by atomic mass is 16.6. The number of carbonyl (C=O) groups is 3. The molecule has 0 aliphatic heterocycles. The van der Waals surface area contributed by atoms with Crippen molar-refractivity contribution in [3.05, 3.63) is 122 Å². The van der Waals surface area contributed by atoms with E-state index in [1.807, 2.05) is 0 Å². The summed E-state index contributed by atoms with van der Waals surface area (Å²) in [6.45, 7) is 6.37. The lowest BCUT2D eigenvalue weighted by Gasteiger charge is -2.18. The largest absolute Gasteiger partial charge is 0.462 e. The average Bonchev–Trinajstić information content (AvgIpc) is 3.40. The van der Waals surface area contributed by atoms with Crippen LogP contribution in [0.25, 0.3) is 0 Å². The van der Waals surface area contributed by atoms with Gasteiger partial charge < -0.3 is 14.2 Å². The molecule has 0 saturated heterocycles. The number of ether oxygens (including phenoxy) is 3. The summed E-state index contributed by atoms with van der Waals surface area (Å²) in [5.74, 6) is -0.937. The van der Waals surface area contributed by atoms with Crippen LogP contribution in [0.3, 0.4) is 0 Å². The molecule has 6 heteroatoms. The molecule has 6 nitrogen and oxygen atoms in total. The minimum Gasteiger partial charge on any atom is -0.462 e. The van der Waals surface area contributed by atoms with Crippen LogP contribution in [0.4, 0.5) is 0 Å². The minimum absolute atomic E-state index is 0.0973. The molecule has 0 saturated carbocycles. The molecule has 0 N–H and O–H groups in total. The summed E-state index contributed by atoms with van der Waals surface area (Å²) in [4.78, 5) is 38.3. The van der Waals surface area contributed by atoms with Crippen LogP contribution in [0.2, 0.25) is 0 Å². The lowest BCUT2D eigenvalue weighted by Crippen LogP contribution is -2.30. The lowest BCUT2D eigenvalue weighted by molar-refractivity contribution is -0.167. The third kappa shape index (κ3) is 58.7. The zero-order chi connectivity index (χ0) is 53.6. The fourth-order valence-electron chi connectivity index (χ4n) is 8.16. The van der Waals surface area contributed by atoms with E-state index in [0.29, 0.717) is 19.3 Å². The van der Waals surface area contributed by atoms with E-state index in [2.05, 4.69) is 142 Å². The predicted octanol–water partition coefficient (Wildman–Crippen LogP) is 20.8. The minimum atomic E-state index is -0.803. The molecule has 0 spiro atoms. The number of carbonyl (C=O) groups excluding carboxylic acids is 3. The van der Waals surface area contributed by atoms with Gasteiger partial charge in [-0.2, -0.15) is 0 Å². The molecule has 0 amide bonds. The third-order valence-electron chi connectivity index (χ3n) is 12.7. The first kappa shape index (κ1) is 69.8. The number of allylic oxidation sites excluding steroid dienone is 20. The molecule has 0 radical (unpaired) electrons. The first-order chi connectivity index (χ1) is 36.5. The number of unbranched alkanes of at least 4 members (excludes halogenated alkanes) is 23. The van der Waals surface area contributed by atoms with Crippen LogP contribution in [0, 0.1) is 0 Å². The molecule has 0 rings (SSSR count). The topological polar surface area (TPSA) is 78.9 Å². The van der Waals surface area contributed by atoms with Gasteiger partial charge in [0.25, 0.3) is 0 Å². The highest BCUT2D eigenvalue weighted by Gasteiger charge is 2.19. The van der Waals surface area contributed by atoms with Crippen molar-refractivity contribution in [1.29, 1.82) is 0 Å². The Morgan fingerprint density at radius 3 is 0.824 bits per heavy atom. The molecule has 0 bridgehead atoms. The Hall–Kier alpha value is -4.19. The second-order valence-corrected chi connectivity index (χ2v) is 19.8. The van der Waals surface area contributed by atoms with Crippen molar-refractivity contribution >= 4 is 17.9 Å². The normalized spacial score (nSPS) is 13.0. The molecule has 0 aliphatic carbocycles. The Kier molecular flexibility index (Phi) is 57.9. The Balaban J connectivity index is 4.43. The number of rotatable bonds is 54. The molecule has 0 heterocycles. The summed E-state index contributed by atoms with van der Waals surface area (Å²) >= 11 is 0. The monoisotopic (exact) mass is 1020 g/mol. The summed E-state index contributed by atoms with van der Waals surface area (Å²) in [6, 6.07) is 0. The molecule has 1 atom stereocenters. The number of hydrogen-bond acceptors (Lipinski definition) is 6. The summed E-state index contributed by atoms with van der Waals surface area (Å²) in [7, 11) is 0. The van der Waals surface area contributed by atoms with Gasteiger partial charge >= 0.3 is 17.9 Å². The Bertz CT molecular complexity index is 1550. The molecule has 74 heavy (non-hydrogen) atoms. The smallest absolute Gasteiger partial charge is 0.306 e. The quantitative estimate of drug-likeness (QED) is 0.0261. The molecule has 0 fully saturated rings. The van der Waals surface area contributed by atoms with Crippen molar-refractivity contribution in [1.82, 2.24) is 0 Å². The molecule has 0 aromatic rings. The van der Waals surface area contributed by atoms with Gasteiger partial charge in [0, 0.05) is 19.3 Å². The summed E-state index contributed by atoms with van der Waals surface area (Å²) < 4.78 is 16.9. The predicted molar refractivity (Wildman–Crippen MR) is 320 cm³/mol. The second kappa shape index (κ2) is 61.4. The summed E-state index contributed by atoms with van der Waals surface area (Å²) in [6.07, 6.45) is 84.7. The summed E-state index contributed by atoms with van der Waals surface area (Å²) in [5, 5.41) is 0. The van der Waals surface area contributed by atoms with Gasteiger partial charge in [0.2, 0.25) is 0 Å². The maximum Gasteiger partial charge on any atom is 0.306 e. The SMILES string of the molecule is CC/C=C\C/C=C\C/C=C\C/C=C\CCCCCCCCCCCCC(=O)OCC(COC(=O)CCCCCCC/C=C\C/C=C\CCCCCC)OC(=O)CCCCCC/C=C\C/C=C\C/C=C\C/C=C\CC. The van der Waals surface area contributed by atoms with Crippen LogP contribution in [-0.2, 0) is 28.6 Å². The van der Waals surface area contributed by atoms with Crippen molar-refractivity contribution in [2.45, 2.75) is 277 Å². The van der Waals surface area contributed by atoms with E-state index in [-0.39, 0.29) is 31.1 Å². The second-order valence-electron chi connectivity index (χ2n) is 19.8. The van der Waals surface area contributed by atoms with Gasteiger partial charge in [-0.15, -0.1) is 0 Å². The Morgan fingerprint density at radius 2 is 0.527 bits per heavy atom. The van der Waals surface area contributed by atoms with E-state index in [4.69, 9.17) is 14.2 Å². The molecule has 0 aromatic carbocycles. The van der Waals surface area contributed by atoms with Gasteiger partial charge in [0.15, 0.2) is 6.10 Å². The molecule has 0 aromatic heterocycles. The van der Waals surface area contributed by atoms with E-state index in [9.17, 15) is 14.4 Å². The first-order valence-electron chi connectivity index (χ1n) is 30.5. The number of esters is 3. The van der Waals surface area contributed by atoms with Crippen molar-refractivity contribution in [2.75, 3.05) is 13.2 Å². The van der Waals surface area contributed by atoms with E-state index >= 15 is 0 Å². The van der Waals surface area contributed by atoms with Crippen LogP contribution >= 0.6 is 0 Å². The van der Waals surface area contributed by atoms with Gasteiger partial charge in [0.05, 0.1) is 0 Å². The fraction of sp³-hybridized carbons (Fsp3) is 0.662. The molecule has 0 aliphatic rings. The highest BCUT2D eigenvalue weighted by molar-refractivity contribution is 5.71. The average molecular weight is 1030 g/mol. The Morgan fingerprint density at radius 1 is 0.284 bits per heavy atom. The van der Waals surface area contributed by atoms with Crippen molar-refractivity contribution in [2.24, 2.45) is 0 Å². The van der Waals surface area contributed by atoms with Gasteiger partial charge in [-0.25, -0.2) is 0 Å². The molecular formula is C68H112O6. The van der Waals surface area contributed by atoms with E-state index in [1.54, 1.807) is 0 Å². The van der Waals surface area contributed by atoms with Crippen LogP contribution in [0.15, 0.2) is 122 Å². The van der Waals surface area contributed by atoms with Crippen LogP contribution in [0.5, 0.6) is 0 Å². The van der Waals surface area contributed by atoms with Crippen LogP contribution in [-0.4, -0.2) is 37.2 Å². The standard InChI is InChI=1S/C68H112O6/c1-4-7-10-13-16-19-22-25-28-31-32-33-34-35-36-38-40-43-46-49-52-55-58-61-67(70)73-64-65(63-72-66(69)60-57-54-51-48-45-42-39-30-27-24-21-18-15-12-9-6-3)74-68(71)62-59-56-53-50-47-44-41-37-29-26-23-20-17-14-11-8-5-2/h7-8,10-11,16-17,19-21,24-26,28-30,32-33,39,41,44,65H,4-6,9,12-15,18,22-23,27,31,34-38,40,42-43,45-64H2,1-3H3/b10-7-,11-8-,19-16-,20-17-,24-21-,28-25-,29-26-,33-32-,39-30-,44-41-. The van der Waals surface area contributed by atoms with Crippen molar-refractivity contribution < 1.29 is 28.6 Å². The zero-order valence-electron chi connectivity index (χ0n) is 48.1. The van der Waals surface area contributed by atoms with E-state index < -0.39 is 6.10 Å². The molecular weight excluding hydrogens is 913 g/mol. The highest BCUT2D eigenvalue weighted by Crippen LogP contribution is 2.15. The lowest BCUT2D eigenvalue weighted by atomic mass is 10.1. The van der Waals surface area contributed by atoms with Gasteiger partial charge in [-0.3, -0.25) is 14.4 Å². The fourth-order valence-corrected chi connectivity index (χ4v) is 8.16. The van der Waals surface area contributed by atoms with Crippen LogP contribution in [0.1, 0.15) is 271 Å². The maximum absolute atomic E-state index is 12.9. The molecule has 1 unspecified atom stereocenters.